The van der Waals surface area contributed by atoms with Gasteiger partial charge in [-0.3, -0.25) is 0 Å². The highest BCUT2D eigenvalue weighted by Gasteiger charge is 2.05. The number of likely N-dealkylation sites (N-methyl/N-ethyl adjacent to an activating group) is 1. The van der Waals surface area contributed by atoms with Crippen LogP contribution in [0.1, 0.15) is 38.3 Å². The molecule has 1 N–H and O–H groups in total. The van der Waals surface area contributed by atoms with E-state index in [4.69, 9.17) is 4.74 Å². The normalized spacial score (nSPS) is 11.3. The van der Waals surface area contributed by atoms with Crippen LogP contribution in [0.25, 0.3) is 0 Å². The summed E-state index contributed by atoms with van der Waals surface area (Å²) in [4.78, 5) is 2.29. The van der Waals surface area contributed by atoms with Crippen molar-refractivity contribution in [3.8, 4) is 0 Å². The van der Waals surface area contributed by atoms with Gasteiger partial charge in [-0.25, -0.2) is 4.39 Å². The first-order chi connectivity index (χ1) is 10.2. The van der Waals surface area contributed by atoms with Gasteiger partial charge in [0.15, 0.2) is 0 Å². The number of nitrogens with one attached hydrogen (secondary N) is 1. The first-order valence-corrected chi connectivity index (χ1v) is 7.99. The van der Waals surface area contributed by atoms with E-state index in [9.17, 15) is 4.39 Å². The molecule has 0 saturated heterocycles. The van der Waals surface area contributed by atoms with Gasteiger partial charge in [-0.2, -0.15) is 0 Å². The first kappa shape index (κ1) is 18.1. The van der Waals surface area contributed by atoms with Gasteiger partial charge in [0.2, 0.25) is 0 Å². The van der Waals surface area contributed by atoms with E-state index in [2.05, 4.69) is 31.0 Å². The Balaban J connectivity index is 2.40. The Morgan fingerprint density at radius 1 is 1.19 bits per heavy atom. The van der Waals surface area contributed by atoms with Crippen LogP contribution in [0, 0.1) is 5.82 Å². The maximum absolute atomic E-state index is 13.8. The average Bonchev–Trinajstić information content (AvgIpc) is 2.50. The molecule has 0 spiro atoms. The minimum Gasteiger partial charge on any atom is -0.375 e. The second-order valence-electron chi connectivity index (χ2n) is 5.18. The maximum atomic E-state index is 13.8. The minimum absolute atomic E-state index is 0.183. The summed E-state index contributed by atoms with van der Waals surface area (Å²) >= 11 is 0. The number of benzene rings is 1. The standard InChI is InChI=1S/C17H29FN2O/c1-4-9-19-13-15-7-8-17(18)16(12-15)14-21-11-10-20(5-2)6-3/h7-8,12,19H,4-6,9-11,13-14H2,1-3H3. The van der Waals surface area contributed by atoms with Gasteiger partial charge in [-0.15, -0.1) is 0 Å². The zero-order valence-electron chi connectivity index (χ0n) is 13.6. The molecular formula is C17H29FN2O. The van der Waals surface area contributed by atoms with Crippen molar-refractivity contribution in [1.82, 2.24) is 10.2 Å². The second-order valence-corrected chi connectivity index (χ2v) is 5.18. The zero-order valence-corrected chi connectivity index (χ0v) is 13.6. The fourth-order valence-electron chi connectivity index (χ4n) is 2.17. The summed E-state index contributed by atoms with van der Waals surface area (Å²) in [6.45, 7) is 12.1. The lowest BCUT2D eigenvalue weighted by Gasteiger charge is -2.17. The molecule has 0 saturated carbocycles. The minimum atomic E-state index is -0.183. The summed E-state index contributed by atoms with van der Waals surface area (Å²) in [6.07, 6.45) is 1.10. The molecular weight excluding hydrogens is 267 g/mol. The molecule has 1 aromatic carbocycles. The lowest BCUT2D eigenvalue weighted by atomic mass is 10.1. The molecule has 0 bridgehead atoms. The van der Waals surface area contributed by atoms with Crippen molar-refractivity contribution in [2.24, 2.45) is 0 Å². The quantitative estimate of drug-likeness (QED) is 0.635. The highest BCUT2D eigenvalue weighted by atomic mass is 19.1. The molecule has 0 atom stereocenters. The molecule has 21 heavy (non-hydrogen) atoms. The van der Waals surface area contributed by atoms with E-state index in [0.717, 1.165) is 44.7 Å². The van der Waals surface area contributed by atoms with Crippen molar-refractivity contribution in [3.05, 3.63) is 35.1 Å². The molecule has 120 valence electrons. The van der Waals surface area contributed by atoms with E-state index in [1.807, 2.05) is 12.1 Å². The molecule has 0 aliphatic carbocycles. The molecule has 0 heterocycles. The Labute approximate surface area is 128 Å². The van der Waals surface area contributed by atoms with Gasteiger partial charge < -0.3 is 15.0 Å². The smallest absolute Gasteiger partial charge is 0.128 e. The number of halogens is 1. The van der Waals surface area contributed by atoms with Crippen molar-refractivity contribution in [3.63, 3.8) is 0 Å². The van der Waals surface area contributed by atoms with Crippen molar-refractivity contribution >= 4 is 0 Å². The van der Waals surface area contributed by atoms with Gasteiger partial charge in [0.25, 0.3) is 0 Å². The van der Waals surface area contributed by atoms with Crippen molar-refractivity contribution < 1.29 is 9.13 Å². The van der Waals surface area contributed by atoms with Crippen molar-refractivity contribution in [2.45, 2.75) is 40.3 Å². The predicted molar refractivity (Wildman–Crippen MR) is 85.8 cm³/mol. The van der Waals surface area contributed by atoms with Gasteiger partial charge in [-0.1, -0.05) is 26.8 Å². The molecule has 0 amide bonds. The van der Waals surface area contributed by atoms with Crippen LogP contribution < -0.4 is 5.32 Å². The summed E-state index contributed by atoms with van der Waals surface area (Å²) < 4.78 is 19.4. The Bertz CT molecular complexity index is 394. The van der Waals surface area contributed by atoms with Gasteiger partial charge in [0.1, 0.15) is 5.82 Å². The summed E-state index contributed by atoms with van der Waals surface area (Å²) in [5, 5.41) is 3.33. The number of hydrogen-bond donors (Lipinski definition) is 1. The SMILES string of the molecule is CCCNCc1ccc(F)c(COCCN(CC)CC)c1. The Kier molecular flexibility index (Phi) is 9.22. The van der Waals surface area contributed by atoms with Gasteiger partial charge in [0.05, 0.1) is 13.2 Å². The predicted octanol–water partition coefficient (Wildman–Crippen LogP) is 3.18. The van der Waals surface area contributed by atoms with Crippen molar-refractivity contribution in [2.75, 3.05) is 32.8 Å². The largest absolute Gasteiger partial charge is 0.375 e. The van der Waals surface area contributed by atoms with Crippen LogP contribution in [0.2, 0.25) is 0 Å². The van der Waals surface area contributed by atoms with Crippen LogP contribution in [-0.4, -0.2) is 37.7 Å². The summed E-state index contributed by atoms with van der Waals surface area (Å²) in [6, 6.07) is 5.26. The van der Waals surface area contributed by atoms with Crippen LogP contribution in [0.4, 0.5) is 4.39 Å². The Hall–Kier alpha value is -0.970. The molecule has 4 heteroatoms. The second kappa shape index (κ2) is 10.7. The molecule has 3 nitrogen and oxygen atoms in total. The number of hydrogen-bond acceptors (Lipinski definition) is 3. The number of rotatable bonds is 11. The first-order valence-electron chi connectivity index (χ1n) is 7.99. The summed E-state index contributed by atoms with van der Waals surface area (Å²) in [7, 11) is 0. The molecule has 1 aromatic rings. The topological polar surface area (TPSA) is 24.5 Å². The molecule has 0 fully saturated rings. The fraction of sp³-hybridized carbons (Fsp3) is 0.647. The highest BCUT2D eigenvalue weighted by molar-refractivity contribution is 5.24. The fourth-order valence-corrected chi connectivity index (χ4v) is 2.17. The number of nitrogens with zero attached hydrogens (tertiary/aromatic N) is 1. The van der Waals surface area contributed by atoms with Crippen LogP contribution in [0.5, 0.6) is 0 Å². The zero-order chi connectivity index (χ0) is 15.5. The van der Waals surface area contributed by atoms with Gasteiger partial charge in [0, 0.05) is 18.7 Å². The molecule has 0 aliphatic rings. The summed E-state index contributed by atoms with van der Waals surface area (Å²) in [5.41, 5.74) is 1.75. The van der Waals surface area contributed by atoms with E-state index >= 15 is 0 Å². The molecule has 0 aromatic heterocycles. The van der Waals surface area contributed by atoms with E-state index in [-0.39, 0.29) is 5.82 Å². The van der Waals surface area contributed by atoms with E-state index in [1.165, 1.54) is 6.07 Å². The molecule has 1 rings (SSSR count). The lowest BCUT2D eigenvalue weighted by molar-refractivity contribution is 0.0938. The van der Waals surface area contributed by atoms with Crippen LogP contribution in [0.3, 0.4) is 0 Å². The highest BCUT2D eigenvalue weighted by Crippen LogP contribution is 2.12. The van der Waals surface area contributed by atoms with Crippen LogP contribution >= 0.6 is 0 Å². The summed E-state index contributed by atoms with van der Waals surface area (Å²) in [5.74, 6) is -0.183. The van der Waals surface area contributed by atoms with E-state index in [0.29, 0.717) is 18.8 Å². The van der Waals surface area contributed by atoms with Crippen LogP contribution in [-0.2, 0) is 17.9 Å². The third-order valence-electron chi connectivity index (χ3n) is 3.57. The average molecular weight is 296 g/mol. The monoisotopic (exact) mass is 296 g/mol. The lowest BCUT2D eigenvalue weighted by Crippen LogP contribution is -2.27. The Morgan fingerprint density at radius 2 is 1.95 bits per heavy atom. The number of ether oxygens (including phenoxy) is 1. The molecule has 0 radical (unpaired) electrons. The third-order valence-corrected chi connectivity index (χ3v) is 3.57. The van der Waals surface area contributed by atoms with Crippen LogP contribution in [0.15, 0.2) is 18.2 Å². The molecule has 0 aliphatic heterocycles. The van der Waals surface area contributed by atoms with Gasteiger partial charge >= 0.3 is 0 Å². The van der Waals surface area contributed by atoms with Gasteiger partial charge in [-0.05, 0) is 43.8 Å². The Morgan fingerprint density at radius 3 is 2.62 bits per heavy atom. The van der Waals surface area contributed by atoms with E-state index in [1.54, 1.807) is 0 Å². The third kappa shape index (κ3) is 7.02. The maximum Gasteiger partial charge on any atom is 0.128 e. The van der Waals surface area contributed by atoms with Crippen molar-refractivity contribution in [1.29, 1.82) is 0 Å². The van der Waals surface area contributed by atoms with E-state index < -0.39 is 0 Å². The molecule has 0 unspecified atom stereocenters.